The number of piperazine rings is 1. The van der Waals surface area contributed by atoms with Crippen molar-refractivity contribution in [2.45, 2.75) is 6.54 Å². The average Bonchev–Trinajstić information content (AvgIpc) is 2.61. The van der Waals surface area contributed by atoms with Gasteiger partial charge in [0.25, 0.3) is 5.91 Å². The third-order valence-corrected chi connectivity index (χ3v) is 3.74. The Balaban J connectivity index is 1.62. The van der Waals surface area contributed by atoms with E-state index in [0.717, 1.165) is 5.56 Å². The zero-order valence-corrected chi connectivity index (χ0v) is 13.0. The SMILES string of the molecule is O=C1CN(C(=O)c2ccc(CNc3ncccc3F)cc2)CCN1. The first-order chi connectivity index (χ1) is 11.6. The normalized spacial score (nSPS) is 14.2. The summed E-state index contributed by atoms with van der Waals surface area (Å²) in [6.45, 7) is 1.46. The molecule has 3 rings (SSSR count). The minimum Gasteiger partial charge on any atom is -0.364 e. The summed E-state index contributed by atoms with van der Waals surface area (Å²) in [7, 11) is 0. The molecule has 1 aliphatic heterocycles. The van der Waals surface area contributed by atoms with Crippen LogP contribution in [0, 0.1) is 5.82 Å². The Labute approximate surface area is 138 Å². The summed E-state index contributed by atoms with van der Waals surface area (Å²) in [5.74, 6) is -0.530. The van der Waals surface area contributed by atoms with E-state index in [9.17, 15) is 14.0 Å². The van der Waals surface area contributed by atoms with Crippen molar-refractivity contribution < 1.29 is 14.0 Å². The first kappa shape index (κ1) is 15.9. The van der Waals surface area contributed by atoms with Crippen LogP contribution in [-0.4, -0.2) is 41.3 Å². The molecule has 2 aromatic rings. The molecule has 1 saturated heterocycles. The molecule has 1 aromatic carbocycles. The van der Waals surface area contributed by atoms with Gasteiger partial charge in [0.15, 0.2) is 11.6 Å². The van der Waals surface area contributed by atoms with E-state index in [1.807, 2.05) is 0 Å². The van der Waals surface area contributed by atoms with Crippen LogP contribution in [0.2, 0.25) is 0 Å². The molecular weight excluding hydrogens is 311 g/mol. The lowest BCUT2D eigenvalue weighted by Gasteiger charge is -2.26. The summed E-state index contributed by atoms with van der Waals surface area (Å²) in [6, 6.07) is 9.88. The minimum absolute atomic E-state index is 0.0844. The van der Waals surface area contributed by atoms with Gasteiger partial charge in [-0.15, -0.1) is 0 Å². The van der Waals surface area contributed by atoms with Gasteiger partial charge in [0.05, 0.1) is 6.54 Å². The second kappa shape index (κ2) is 7.08. The summed E-state index contributed by atoms with van der Waals surface area (Å²) >= 11 is 0. The van der Waals surface area contributed by atoms with Crippen LogP contribution in [-0.2, 0) is 11.3 Å². The molecule has 0 bridgehead atoms. The number of aromatic nitrogens is 1. The van der Waals surface area contributed by atoms with Crippen molar-refractivity contribution in [2.75, 3.05) is 25.0 Å². The molecule has 1 aromatic heterocycles. The number of hydrogen-bond acceptors (Lipinski definition) is 4. The molecule has 1 fully saturated rings. The van der Waals surface area contributed by atoms with Crippen molar-refractivity contribution in [2.24, 2.45) is 0 Å². The summed E-state index contributed by atoms with van der Waals surface area (Å²) in [5, 5.41) is 5.60. The topological polar surface area (TPSA) is 74.3 Å². The van der Waals surface area contributed by atoms with Gasteiger partial charge in [-0.25, -0.2) is 9.37 Å². The predicted octanol–water partition coefficient (Wildman–Crippen LogP) is 1.40. The molecule has 1 aliphatic rings. The van der Waals surface area contributed by atoms with Crippen molar-refractivity contribution in [1.29, 1.82) is 0 Å². The van der Waals surface area contributed by atoms with E-state index in [0.29, 0.717) is 25.2 Å². The molecule has 0 atom stereocenters. The lowest BCUT2D eigenvalue weighted by atomic mass is 10.1. The molecule has 2 amide bonds. The van der Waals surface area contributed by atoms with Gasteiger partial charge in [-0.1, -0.05) is 12.1 Å². The maximum absolute atomic E-state index is 13.5. The standard InChI is InChI=1S/C17H17FN4O2/c18-14-2-1-7-20-16(14)21-10-12-3-5-13(6-4-12)17(24)22-9-8-19-15(23)11-22/h1-7H,8-11H2,(H,19,23)(H,20,21). The Morgan fingerprint density at radius 2 is 2.08 bits per heavy atom. The highest BCUT2D eigenvalue weighted by molar-refractivity contribution is 5.97. The van der Waals surface area contributed by atoms with Gasteiger partial charge in [-0.05, 0) is 29.8 Å². The molecule has 2 N–H and O–H groups in total. The molecule has 0 aliphatic carbocycles. The molecular formula is C17H17FN4O2. The summed E-state index contributed by atoms with van der Waals surface area (Å²) in [5.41, 5.74) is 1.42. The molecule has 0 unspecified atom stereocenters. The van der Waals surface area contributed by atoms with Gasteiger partial charge in [0.2, 0.25) is 5.91 Å². The number of pyridine rings is 1. The van der Waals surface area contributed by atoms with Crippen molar-refractivity contribution in [1.82, 2.24) is 15.2 Å². The Morgan fingerprint density at radius 3 is 2.79 bits per heavy atom. The number of nitrogens with zero attached hydrogens (tertiary/aromatic N) is 2. The van der Waals surface area contributed by atoms with Gasteiger partial charge in [0.1, 0.15) is 0 Å². The molecule has 0 radical (unpaired) electrons. The van der Waals surface area contributed by atoms with Gasteiger partial charge in [0, 0.05) is 31.4 Å². The minimum atomic E-state index is -0.410. The Kier molecular flexibility index (Phi) is 4.69. The number of anilines is 1. The lowest BCUT2D eigenvalue weighted by molar-refractivity contribution is -0.123. The van der Waals surface area contributed by atoms with Gasteiger partial charge in [-0.2, -0.15) is 0 Å². The largest absolute Gasteiger partial charge is 0.364 e. The number of nitrogens with one attached hydrogen (secondary N) is 2. The van der Waals surface area contributed by atoms with Crippen molar-refractivity contribution in [3.05, 3.63) is 59.5 Å². The van der Waals surface area contributed by atoms with Gasteiger partial charge < -0.3 is 15.5 Å². The van der Waals surface area contributed by atoms with E-state index < -0.39 is 5.82 Å². The zero-order chi connectivity index (χ0) is 16.9. The van der Waals surface area contributed by atoms with E-state index >= 15 is 0 Å². The summed E-state index contributed by atoms with van der Waals surface area (Å²) in [6.07, 6.45) is 1.52. The second-order valence-electron chi connectivity index (χ2n) is 5.46. The van der Waals surface area contributed by atoms with Crippen LogP contribution in [0.3, 0.4) is 0 Å². The van der Waals surface area contributed by atoms with E-state index in [2.05, 4.69) is 15.6 Å². The van der Waals surface area contributed by atoms with Crippen molar-refractivity contribution >= 4 is 17.6 Å². The van der Waals surface area contributed by atoms with Crippen LogP contribution >= 0.6 is 0 Å². The lowest BCUT2D eigenvalue weighted by Crippen LogP contribution is -2.49. The third kappa shape index (κ3) is 3.68. The fourth-order valence-electron chi connectivity index (χ4n) is 2.46. The monoisotopic (exact) mass is 328 g/mol. The zero-order valence-electron chi connectivity index (χ0n) is 13.0. The van der Waals surface area contributed by atoms with Gasteiger partial charge in [-0.3, -0.25) is 9.59 Å². The highest BCUT2D eigenvalue weighted by atomic mass is 19.1. The summed E-state index contributed by atoms with van der Waals surface area (Å²) < 4.78 is 13.5. The van der Waals surface area contributed by atoms with E-state index in [4.69, 9.17) is 0 Å². The second-order valence-corrected chi connectivity index (χ2v) is 5.46. The smallest absolute Gasteiger partial charge is 0.254 e. The van der Waals surface area contributed by atoms with Crippen LogP contribution < -0.4 is 10.6 Å². The Morgan fingerprint density at radius 1 is 1.29 bits per heavy atom. The first-order valence-corrected chi connectivity index (χ1v) is 7.63. The molecule has 24 heavy (non-hydrogen) atoms. The van der Waals surface area contributed by atoms with Crippen molar-refractivity contribution in [3.63, 3.8) is 0 Å². The van der Waals surface area contributed by atoms with Crippen LogP contribution in [0.25, 0.3) is 0 Å². The molecule has 0 saturated carbocycles. The van der Waals surface area contributed by atoms with E-state index in [-0.39, 0.29) is 24.2 Å². The van der Waals surface area contributed by atoms with Crippen LogP contribution in [0.5, 0.6) is 0 Å². The number of rotatable bonds is 4. The fraction of sp³-hybridized carbons (Fsp3) is 0.235. The number of hydrogen-bond donors (Lipinski definition) is 2. The van der Waals surface area contributed by atoms with Gasteiger partial charge >= 0.3 is 0 Å². The van der Waals surface area contributed by atoms with Crippen LogP contribution in [0.15, 0.2) is 42.6 Å². The van der Waals surface area contributed by atoms with Crippen LogP contribution in [0.4, 0.5) is 10.2 Å². The summed E-state index contributed by atoms with van der Waals surface area (Å²) in [4.78, 5) is 29.2. The highest BCUT2D eigenvalue weighted by Gasteiger charge is 2.22. The fourth-order valence-corrected chi connectivity index (χ4v) is 2.46. The molecule has 6 nitrogen and oxygen atoms in total. The number of benzene rings is 1. The third-order valence-electron chi connectivity index (χ3n) is 3.74. The maximum Gasteiger partial charge on any atom is 0.254 e. The number of halogens is 1. The van der Waals surface area contributed by atoms with Crippen LogP contribution in [0.1, 0.15) is 15.9 Å². The molecule has 0 spiro atoms. The number of amides is 2. The molecule has 7 heteroatoms. The van der Waals surface area contributed by atoms with E-state index in [1.54, 1.807) is 24.3 Å². The Bertz CT molecular complexity index is 749. The average molecular weight is 328 g/mol. The maximum atomic E-state index is 13.5. The number of carbonyl (C=O) groups excluding carboxylic acids is 2. The first-order valence-electron chi connectivity index (χ1n) is 7.63. The predicted molar refractivity (Wildman–Crippen MR) is 86.9 cm³/mol. The van der Waals surface area contributed by atoms with E-state index in [1.165, 1.54) is 23.2 Å². The molecule has 2 heterocycles. The Hall–Kier alpha value is -2.96. The highest BCUT2D eigenvalue weighted by Crippen LogP contribution is 2.12. The van der Waals surface area contributed by atoms with Crippen molar-refractivity contribution in [3.8, 4) is 0 Å². The molecule has 124 valence electrons. The quantitative estimate of drug-likeness (QED) is 0.890. The number of carbonyl (C=O) groups is 2.